The van der Waals surface area contributed by atoms with Crippen LogP contribution in [0.25, 0.3) is 5.65 Å². The number of fused-ring (bicyclic) bond motifs is 1. The average molecular weight is 395 g/mol. The first kappa shape index (κ1) is 14.1. The SMILES string of the molecule is CNc1nc(I)nc2c(Cc3ccccc3OC)cnn12. The van der Waals surface area contributed by atoms with E-state index in [-0.39, 0.29) is 0 Å². The minimum absolute atomic E-state index is 0.677. The normalized spacial score (nSPS) is 10.8. The van der Waals surface area contributed by atoms with Gasteiger partial charge in [0, 0.05) is 41.6 Å². The first-order valence-electron chi connectivity index (χ1n) is 6.42. The van der Waals surface area contributed by atoms with Gasteiger partial charge in [0.15, 0.2) is 9.48 Å². The summed E-state index contributed by atoms with van der Waals surface area (Å²) < 4.78 is 7.80. The van der Waals surface area contributed by atoms with Gasteiger partial charge in [-0.1, -0.05) is 18.2 Å². The average Bonchev–Trinajstić information content (AvgIpc) is 2.90. The van der Waals surface area contributed by atoms with E-state index in [0.29, 0.717) is 16.2 Å². The predicted octanol–water partition coefficient (Wildman–Crippen LogP) is 2.37. The molecule has 1 N–H and O–H groups in total. The van der Waals surface area contributed by atoms with Crippen LogP contribution < -0.4 is 10.1 Å². The number of halogens is 1. The Kier molecular flexibility index (Phi) is 3.91. The summed E-state index contributed by atoms with van der Waals surface area (Å²) in [6, 6.07) is 7.97. The van der Waals surface area contributed by atoms with E-state index >= 15 is 0 Å². The van der Waals surface area contributed by atoms with Crippen LogP contribution in [0.4, 0.5) is 5.95 Å². The fourth-order valence-electron chi connectivity index (χ4n) is 2.24. The first-order valence-corrected chi connectivity index (χ1v) is 7.50. The van der Waals surface area contributed by atoms with Crippen molar-refractivity contribution in [1.82, 2.24) is 19.6 Å². The largest absolute Gasteiger partial charge is 0.496 e. The van der Waals surface area contributed by atoms with Gasteiger partial charge in [-0.2, -0.15) is 14.6 Å². The Morgan fingerprint density at radius 1 is 1.24 bits per heavy atom. The van der Waals surface area contributed by atoms with Crippen LogP contribution in [0.3, 0.4) is 0 Å². The number of methoxy groups -OCH3 is 1. The van der Waals surface area contributed by atoms with E-state index < -0.39 is 0 Å². The van der Waals surface area contributed by atoms with E-state index in [9.17, 15) is 0 Å². The van der Waals surface area contributed by atoms with Crippen molar-refractivity contribution in [2.45, 2.75) is 6.42 Å². The van der Waals surface area contributed by atoms with Crippen LogP contribution >= 0.6 is 22.6 Å². The molecule has 0 bridgehead atoms. The zero-order chi connectivity index (χ0) is 14.8. The van der Waals surface area contributed by atoms with Gasteiger partial charge in [0.1, 0.15) is 5.75 Å². The van der Waals surface area contributed by atoms with Gasteiger partial charge in [0.2, 0.25) is 5.95 Å². The molecule has 0 fully saturated rings. The number of ether oxygens (including phenoxy) is 1. The van der Waals surface area contributed by atoms with E-state index in [1.54, 1.807) is 11.6 Å². The van der Waals surface area contributed by atoms with Crippen molar-refractivity contribution in [3.63, 3.8) is 0 Å². The number of benzene rings is 1. The van der Waals surface area contributed by atoms with Crippen molar-refractivity contribution in [2.75, 3.05) is 19.5 Å². The van der Waals surface area contributed by atoms with Crippen LogP contribution in [-0.4, -0.2) is 33.7 Å². The highest BCUT2D eigenvalue weighted by Crippen LogP contribution is 2.23. The minimum Gasteiger partial charge on any atom is -0.496 e. The molecule has 0 aliphatic rings. The van der Waals surface area contributed by atoms with Crippen molar-refractivity contribution < 1.29 is 4.74 Å². The minimum atomic E-state index is 0.677. The van der Waals surface area contributed by atoms with Crippen LogP contribution in [0, 0.1) is 3.83 Å². The monoisotopic (exact) mass is 395 g/mol. The second kappa shape index (κ2) is 5.84. The predicted molar refractivity (Wildman–Crippen MR) is 88.8 cm³/mol. The molecule has 0 saturated heterocycles. The lowest BCUT2D eigenvalue weighted by atomic mass is 10.1. The van der Waals surface area contributed by atoms with Gasteiger partial charge in [-0.25, -0.2) is 4.98 Å². The molecule has 3 aromatic rings. The van der Waals surface area contributed by atoms with Crippen molar-refractivity contribution in [3.05, 3.63) is 45.4 Å². The summed E-state index contributed by atoms with van der Waals surface area (Å²) in [5, 5.41) is 7.40. The molecule has 0 unspecified atom stereocenters. The Hall–Kier alpha value is -1.90. The Morgan fingerprint density at radius 2 is 2.05 bits per heavy atom. The molecule has 0 aliphatic carbocycles. The standard InChI is InChI=1S/C14H14IN5O/c1-16-14-19-13(15)18-12-10(8-17-20(12)14)7-9-5-3-4-6-11(9)21-2/h3-6,8H,7H2,1-2H3,(H,16,18,19). The maximum Gasteiger partial charge on any atom is 0.228 e. The molecule has 0 aliphatic heterocycles. The molecule has 108 valence electrons. The zero-order valence-corrected chi connectivity index (χ0v) is 13.8. The Morgan fingerprint density at radius 3 is 2.81 bits per heavy atom. The summed E-state index contributed by atoms with van der Waals surface area (Å²) in [5.41, 5.74) is 2.95. The third-order valence-electron chi connectivity index (χ3n) is 3.21. The maximum absolute atomic E-state index is 5.40. The lowest BCUT2D eigenvalue weighted by Crippen LogP contribution is -2.06. The molecule has 21 heavy (non-hydrogen) atoms. The highest BCUT2D eigenvalue weighted by molar-refractivity contribution is 14.1. The van der Waals surface area contributed by atoms with E-state index in [4.69, 9.17) is 4.74 Å². The summed E-state index contributed by atoms with van der Waals surface area (Å²) in [7, 11) is 3.50. The molecule has 0 amide bonds. The van der Waals surface area contributed by atoms with Gasteiger partial charge in [0.25, 0.3) is 0 Å². The van der Waals surface area contributed by atoms with Crippen LogP contribution in [0.5, 0.6) is 5.75 Å². The second-order valence-electron chi connectivity index (χ2n) is 4.46. The summed E-state index contributed by atoms with van der Waals surface area (Å²) in [6.45, 7) is 0. The number of hydrogen-bond donors (Lipinski definition) is 1. The fraction of sp³-hybridized carbons (Fsp3) is 0.214. The Balaban J connectivity index is 2.07. The second-order valence-corrected chi connectivity index (χ2v) is 5.42. The fourth-order valence-corrected chi connectivity index (χ4v) is 2.69. The van der Waals surface area contributed by atoms with Crippen molar-refractivity contribution >= 4 is 34.2 Å². The van der Waals surface area contributed by atoms with Gasteiger partial charge in [-0.3, -0.25) is 0 Å². The summed E-state index contributed by atoms with van der Waals surface area (Å²) >= 11 is 2.11. The van der Waals surface area contributed by atoms with E-state index in [0.717, 1.165) is 22.5 Å². The number of para-hydroxylation sites is 1. The Labute approximate surface area is 135 Å². The van der Waals surface area contributed by atoms with Gasteiger partial charge in [-0.15, -0.1) is 0 Å². The third-order valence-corrected chi connectivity index (χ3v) is 3.69. The van der Waals surface area contributed by atoms with Gasteiger partial charge < -0.3 is 10.1 Å². The van der Waals surface area contributed by atoms with Gasteiger partial charge >= 0.3 is 0 Å². The van der Waals surface area contributed by atoms with Gasteiger partial charge in [-0.05, 0) is 11.6 Å². The molecule has 0 spiro atoms. The lowest BCUT2D eigenvalue weighted by Gasteiger charge is -2.07. The zero-order valence-electron chi connectivity index (χ0n) is 11.7. The van der Waals surface area contributed by atoms with Gasteiger partial charge in [0.05, 0.1) is 13.3 Å². The van der Waals surface area contributed by atoms with Crippen molar-refractivity contribution in [1.29, 1.82) is 0 Å². The molecule has 7 heteroatoms. The maximum atomic E-state index is 5.40. The van der Waals surface area contributed by atoms with E-state index in [2.05, 4.69) is 43.0 Å². The molecule has 6 nitrogen and oxygen atoms in total. The first-order chi connectivity index (χ1) is 10.2. The van der Waals surface area contributed by atoms with E-state index in [1.807, 2.05) is 37.5 Å². The summed E-state index contributed by atoms with van der Waals surface area (Å²) in [6.07, 6.45) is 2.54. The number of nitrogens with zero attached hydrogens (tertiary/aromatic N) is 4. The quantitative estimate of drug-likeness (QED) is 0.688. The summed E-state index contributed by atoms with van der Waals surface area (Å²) in [4.78, 5) is 8.81. The topological polar surface area (TPSA) is 64.3 Å². The molecule has 1 aromatic carbocycles. The molecule has 0 saturated carbocycles. The molecule has 0 radical (unpaired) electrons. The molecular weight excluding hydrogens is 381 g/mol. The van der Waals surface area contributed by atoms with Crippen LogP contribution in [0.15, 0.2) is 30.5 Å². The highest BCUT2D eigenvalue weighted by Gasteiger charge is 2.13. The number of anilines is 1. The number of hydrogen-bond acceptors (Lipinski definition) is 5. The van der Waals surface area contributed by atoms with Crippen LogP contribution in [-0.2, 0) is 6.42 Å². The van der Waals surface area contributed by atoms with E-state index in [1.165, 1.54) is 0 Å². The van der Waals surface area contributed by atoms with Crippen molar-refractivity contribution in [3.8, 4) is 5.75 Å². The molecule has 3 rings (SSSR count). The Bertz CT molecular complexity index is 786. The molecule has 2 heterocycles. The van der Waals surface area contributed by atoms with Crippen molar-refractivity contribution in [2.24, 2.45) is 0 Å². The highest BCUT2D eigenvalue weighted by atomic mass is 127. The third kappa shape index (κ3) is 2.65. The molecule has 2 aromatic heterocycles. The smallest absolute Gasteiger partial charge is 0.228 e. The summed E-state index contributed by atoms with van der Waals surface area (Å²) in [5.74, 6) is 1.55. The lowest BCUT2D eigenvalue weighted by molar-refractivity contribution is 0.410. The number of nitrogens with one attached hydrogen (secondary N) is 1. The number of aromatic nitrogens is 4. The molecule has 0 atom stereocenters. The van der Waals surface area contributed by atoms with Crippen LogP contribution in [0.2, 0.25) is 0 Å². The molecular formula is C14H14IN5O. The number of rotatable bonds is 4. The van der Waals surface area contributed by atoms with Crippen LogP contribution in [0.1, 0.15) is 11.1 Å².